The molecule has 0 fully saturated rings. The van der Waals surface area contributed by atoms with E-state index in [0.717, 1.165) is 28.8 Å². The highest BCUT2D eigenvalue weighted by Gasteiger charge is 2.35. The smallest absolute Gasteiger partial charge is 0.383 e. The molecule has 1 aromatic carbocycles. The number of hydrogen-bond donors (Lipinski definition) is 2. The lowest BCUT2D eigenvalue weighted by Gasteiger charge is -2.38. The molecule has 0 bridgehead atoms. The molecule has 0 radical (unpaired) electrons. The number of anilines is 2. The zero-order valence-corrected chi connectivity index (χ0v) is 17.6. The number of ether oxygens (including phenoxy) is 1. The zero-order valence-electron chi connectivity index (χ0n) is 17.6. The summed E-state index contributed by atoms with van der Waals surface area (Å²) < 4.78 is 45.1. The third-order valence-electron chi connectivity index (χ3n) is 6.39. The fourth-order valence-electron chi connectivity index (χ4n) is 4.61. The van der Waals surface area contributed by atoms with Crippen molar-refractivity contribution in [2.75, 3.05) is 31.3 Å². The molecule has 5 rings (SSSR count). The number of nitrogens with one attached hydrogen (secondary N) is 1. The van der Waals surface area contributed by atoms with Crippen LogP contribution in [-0.2, 0) is 24.1 Å². The number of pyridine rings is 1. The Morgan fingerprint density at radius 3 is 2.78 bits per heavy atom. The third-order valence-corrected chi connectivity index (χ3v) is 6.39. The number of aromatic amines is 1. The van der Waals surface area contributed by atoms with Gasteiger partial charge in [-0.25, -0.2) is 4.98 Å². The average molecular weight is 445 g/mol. The molecule has 0 aliphatic carbocycles. The summed E-state index contributed by atoms with van der Waals surface area (Å²) in [6.45, 7) is 1.32. The molecule has 10 heteroatoms. The van der Waals surface area contributed by atoms with Gasteiger partial charge in [-0.05, 0) is 30.2 Å². The Bertz CT molecular complexity index is 1240. The van der Waals surface area contributed by atoms with E-state index in [1.54, 1.807) is 30.0 Å². The molecule has 0 saturated carbocycles. The topological polar surface area (TPSA) is 87.5 Å². The highest BCUT2D eigenvalue weighted by atomic mass is 19.4. The van der Waals surface area contributed by atoms with Crippen LogP contribution in [0.2, 0.25) is 0 Å². The standard InChI is InChI=1S/C22H22F3N5O2/c1-29-6-5-17(12-4-3-11(7-18(12)29)22(23,24)25)30(2)21(31)16-8-15-19(27-16)13-9-32-10-14(13)20(26)28-15/h3-4,7-8,17,27H,5-6,9-10H2,1-2H3,(H2,26,28)/t17-/m1/s1. The first-order valence-corrected chi connectivity index (χ1v) is 10.2. The molecule has 0 spiro atoms. The van der Waals surface area contributed by atoms with E-state index >= 15 is 0 Å². The van der Waals surface area contributed by atoms with E-state index in [9.17, 15) is 18.0 Å². The van der Waals surface area contributed by atoms with Crippen molar-refractivity contribution in [2.45, 2.75) is 31.9 Å². The Labute approximate surface area is 182 Å². The van der Waals surface area contributed by atoms with Crippen LogP contribution in [0.1, 0.15) is 45.2 Å². The third kappa shape index (κ3) is 3.17. The molecule has 2 aliphatic heterocycles. The van der Waals surface area contributed by atoms with Gasteiger partial charge in [-0.3, -0.25) is 4.79 Å². The molecule has 32 heavy (non-hydrogen) atoms. The second kappa shape index (κ2) is 7.13. The maximum absolute atomic E-state index is 13.3. The molecule has 168 valence electrons. The number of carbonyl (C=O) groups excluding carboxylic acids is 1. The van der Waals surface area contributed by atoms with Gasteiger partial charge in [-0.15, -0.1) is 0 Å². The summed E-state index contributed by atoms with van der Waals surface area (Å²) in [5, 5.41) is 0. The van der Waals surface area contributed by atoms with Gasteiger partial charge in [-0.1, -0.05) is 6.07 Å². The molecule has 1 amide bonds. The quantitative estimate of drug-likeness (QED) is 0.626. The van der Waals surface area contributed by atoms with E-state index in [0.29, 0.717) is 54.5 Å². The van der Waals surface area contributed by atoms with Crippen molar-refractivity contribution >= 4 is 28.4 Å². The number of benzene rings is 1. The predicted molar refractivity (Wildman–Crippen MR) is 113 cm³/mol. The second-order valence-corrected chi connectivity index (χ2v) is 8.30. The number of rotatable bonds is 2. The zero-order chi connectivity index (χ0) is 22.8. The normalized spacial score (nSPS) is 18.0. The highest BCUT2D eigenvalue weighted by molar-refractivity contribution is 5.98. The van der Waals surface area contributed by atoms with Crippen LogP contribution < -0.4 is 10.6 Å². The van der Waals surface area contributed by atoms with Crippen LogP contribution in [0.25, 0.3) is 11.0 Å². The number of hydrogen-bond acceptors (Lipinski definition) is 5. The Balaban J connectivity index is 1.49. The van der Waals surface area contributed by atoms with Gasteiger partial charge in [0.2, 0.25) is 0 Å². The van der Waals surface area contributed by atoms with E-state index in [1.165, 1.54) is 6.07 Å². The van der Waals surface area contributed by atoms with Crippen molar-refractivity contribution in [1.29, 1.82) is 0 Å². The van der Waals surface area contributed by atoms with Crippen molar-refractivity contribution in [3.05, 3.63) is 52.2 Å². The molecule has 7 nitrogen and oxygen atoms in total. The Morgan fingerprint density at radius 1 is 1.28 bits per heavy atom. The molecule has 3 N–H and O–H groups in total. The number of fused-ring (bicyclic) bond motifs is 4. The summed E-state index contributed by atoms with van der Waals surface area (Å²) in [6, 6.07) is 5.00. The fourth-order valence-corrected chi connectivity index (χ4v) is 4.61. The van der Waals surface area contributed by atoms with Gasteiger partial charge in [0.1, 0.15) is 11.5 Å². The van der Waals surface area contributed by atoms with Gasteiger partial charge in [0.15, 0.2) is 0 Å². The molecule has 0 unspecified atom stereocenters. The van der Waals surface area contributed by atoms with Crippen LogP contribution in [0.15, 0.2) is 24.3 Å². The largest absolute Gasteiger partial charge is 0.416 e. The summed E-state index contributed by atoms with van der Waals surface area (Å²) >= 11 is 0. The summed E-state index contributed by atoms with van der Waals surface area (Å²) in [6.07, 6.45) is -3.82. The number of nitrogens with two attached hydrogens (primary N) is 1. The molecule has 1 atom stereocenters. The number of amides is 1. The first kappa shape index (κ1) is 20.6. The lowest BCUT2D eigenvalue weighted by atomic mass is 9.93. The summed E-state index contributed by atoms with van der Waals surface area (Å²) in [5.41, 5.74) is 9.89. The van der Waals surface area contributed by atoms with E-state index in [1.807, 2.05) is 0 Å². The maximum Gasteiger partial charge on any atom is 0.416 e. The molecule has 4 heterocycles. The Kier molecular flexibility index (Phi) is 4.59. The lowest BCUT2D eigenvalue weighted by Crippen LogP contribution is -2.38. The SMILES string of the molecule is CN1CC[C@@H](N(C)C(=O)c2cc3nc(N)c4c(c3[nH]2)COC4)c2ccc(C(F)(F)F)cc21. The van der Waals surface area contributed by atoms with Gasteiger partial charge in [-0.2, -0.15) is 13.2 Å². The average Bonchev–Trinajstić information content (AvgIpc) is 3.39. The molecule has 2 aromatic heterocycles. The first-order valence-electron chi connectivity index (χ1n) is 10.2. The van der Waals surface area contributed by atoms with Crippen molar-refractivity contribution in [1.82, 2.24) is 14.9 Å². The van der Waals surface area contributed by atoms with Crippen LogP contribution in [0.5, 0.6) is 0 Å². The van der Waals surface area contributed by atoms with Crippen molar-refractivity contribution in [3.8, 4) is 0 Å². The molecular weight excluding hydrogens is 423 g/mol. The Hall–Kier alpha value is -3.27. The number of H-pyrrole nitrogens is 1. The van der Waals surface area contributed by atoms with Gasteiger partial charge in [0.05, 0.1) is 35.9 Å². The number of nitrogens with zero attached hydrogens (tertiary/aromatic N) is 3. The maximum atomic E-state index is 13.3. The van der Waals surface area contributed by atoms with Crippen LogP contribution in [-0.4, -0.2) is 41.4 Å². The number of aromatic nitrogens is 2. The minimum absolute atomic E-state index is 0.269. The minimum atomic E-state index is -4.42. The summed E-state index contributed by atoms with van der Waals surface area (Å²) in [4.78, 5) is 24.2. The van der Waals surface area contributed by atoms with E-state index in [4.69, 9.17) is 10.5 Å². The number of carbonyl (C=O) groups is 1. The van der Waals surface area contributed by atoms with Crippen LogP contribution in [0.4, 0.5) is 24.7 Å². The monoisotopic (exact) mass is 445 g/mol. The van der Waals surface area contributed by atoms with Gasteiger partial charge in [0, 0.05) is 37.5 Å². The van der Waals surface area contributed by atoms with Crippen molar-refractivity contribution in [3.63, 3.8) is 0 Å². The summed E-state index contributed by atoms with van der Waals surface area (Å²) in [5.74, 6) is 0.121. The van der Waals surface area contributed by atoms with Crippen LogP contribution in [0, 0.1) is 0 Å². The Morgan fingerprint density at radius 2 is 2.03 bits per heavy atom. The molecule has 0 saturated heterocycles. The second-order valence-electron chi connectivity index (χ2n) is 8.30. The van der Waals surface area contributed by atoms with Crippen LogP contribution in [0.3, 0.4) is 0 Å². The summed E-state index contributed by atoms with van der Waals surface area (Å²) in [7, 11) is 3.42. The van der Waals surface area contributed by atoms with Crippen molar-refractivity contribution in [2.24, 2.45) is 0 Å². The lowest BCUT2D eigenvalue weighted by molar-refractivity contribution is -0.137. The number of nitrogen functional groups attached to an aromatic ring is 1. The van der Waals surface area contributed by atoms with E-state index < -0.39 is 11.7 Å². The van der Waals surface area contributed by atoms with Gasteiger partial charge >= 0.3 is 6.18 Å². The highest BCUT2D eigenvalue weighted by Crippen LogP contribution is 2.41. The number of alkyl halides is 3. The first-order chi connectivity index (χ1) is 15.1. The predicted octanol–water partition coefficient (Wildman–Crippen LogP) is 3.85. The van der Waals surface area contributed by atoms with Crippen molar-refractivity contribution < 1.29 is 22.7 Å². The van der Waals surface area contributed by atoms with Gasteiger partial charge in [0.25, 0.3) is 5.91 Å². The van der Waals surface area contributed by atoms with Gasteiger partial charge < -0.3 is 25.3 Å². The molecular formula is C22H22F3N5O2. The fraction of sp³-hybridized carbons (Fsp3) is 0.364. The van der Waals surface area contributed by atoms with E-state index in [-0.39, 0.29) is 11.9 Å². The molecule has 2 aliphatic rings. The minimum Gasteiger partial charge on any atom is -0.383 e. The van der Waals surface area contributed by atoms with E-state index in [2.05, 4.69) is 9.97 Å². The number of halogens is 3. The molecule has 3 aromatic rings. The van der Waals surface area contributed by atoms with Crippen LogP contribution >= 0.6 is 0 Å².